The van der Waals surface area contributed by atoms with Crippen LogP contribution in [0.25, 0.3) is 0 Å². The number of halogens is 1. The lowest BCUT2D eigenvalue weighted by molar-refractivity contribution is 0.0785. The fourth-order valence-corrected chi connectivity index (χ4v) is 2.43. The van der Waals surface area contributed by atoms with Crippen molar-refractivity contribution in [3.8, 4) is 0 Å². The van der Waals surface area contributed by atoms with Crippen LogP contribution in [0.4, 0.5) is 5.69 Å². The Kier molecular flexibility index (Phi) is 4.79. The molecule has 3 nitrogen and oxygen atoms in total. The van der Waals surface area contributed by atoms with Crippen LogP contribution in [-0.4, -0.2) is 24.9 Å². The summed E-state index contributed by atoms with van der Waals surface area (Å²) in [6, 6.07) is 15.5. The van der Waals surface area contributed by atoms with Crippen molar-refractivity contribution in [1.82, 2.24) is 4.90 Å². The number of nitrogens with one attached hydrogen (secondary N) is 1. The van der Waals surface area contributed by atoms with Crippen molar-refractivity contribution in [1.29, 1.82) is 0 Å². The zero-order chi connectivity index (χ0) is 14.5. The summed E-state index contributed by atoms with van der Waals surface area (Å²) in [7, 11) is 3.67. The maximum Gasteiger partial charge on any atom is 0.253 e. The minimum atomic E-state index is 0.0210. The summed E-state index contributed by atoms with van der Waals surface area (Å²) in [6.07, 6.45) is 0. The predicted molar refractivity (Wildman–Crippen MR) is 85.9 cm³/mol. The number of hydrogen-bond donors (Lipinski definition) is 1. The average molecular weight is 333 g/mol. The molecule has 0 spiro atoms. The van der Waals surface area contributed by atoms with E-state index in [2.05, 4.69) is 21.2 Å². The van der Waals surface area contributed by atoms with Gasteiger partial charge in [-0.3, -0.25) is 4.79 Å². The maximum absolute atomic E-state index is 12.3. The van der Waals surface area contributed by atoms with Crippen LogP contribution < -0.4 is 5.32 Å². The molecule has 2 aromatic rings. The highest BCUT2D eigenvalue weighted by Gasteiger charge is 2.11. The molecule has 0 fully saturated rings. The first kappa shape index (κ1) is 14.6. The van der Waals surface area contributed by atoms with E-state index in [-0.39, 0.29) is 5.91 Å². The van der Waals surface area contributed by atoms with Gasteiger partial charge in [0.05, 0.1) is 0 Å². The summed E-state index contributed by atoms with van der Waals surface area (Å²) < 4.78 is 1.02. The van der Waals surface area contributed by atoms with Crippen LogP contribution in [0.1, 0.15) is 15.9 Å². The second-order valence-electron chi connectivity index (χ2n) is 4.62. The quantitative estimate of drug-likeness (QED) is 0.924. The van der Waals surface area contributed by atoms with Crippen molar-refractivity contribution in [2.24, 2.45) is 0 Å². The minimum Gasteiger partial charge on any atom is -0.388 e. The fraction of sp³-hybridized carbons (Fsp3) is 0.188. The van der Waals surface area contributed by atoms with Crippen molar-refractivity contribution < 1.29 is 4.79 Å². The van der Waals surface area contributed by atoms with Crippen LogP contribution >= 0.6 is 15.9 Å². The van der Waals surface area contributed by atoms with E-state index in [1.165, 1.54) is 0 Å². The average Bonchev–Trinajstić information content (AvgIpc) is 2.46. The summed E-state index contributed by atoms with van der Waals surface area (Å²) in [6.45, 7) is 0.589. The fourth-order valence-electron chi connectivity index (χ4n) is 1.98. The first-order valence-corrected chi connectivity index (χ1v) is 7.17. The van der Waals surface area contributed by atoms with Gasteiger partial charge in [-0.1, -0.05) is 28.1 Å². The Morgan fingerprint density at radius 3 is 2.50 bits per heavy atom. The topological polar surface area (TPSA) is 32.3 Å². The van der Waals surface area contributed by atoms with Gasteiger partial charge in [0.1, 0.15) is 0 Å². The van der Waals surface area contributed by atoms with Crippen LogP contribution in [0.2, 0.25) is 0 Å². The summed E-state index contributed by atoms with van der Waals surface area (Å²) in [4.78, 5) is 14.0. The second kappa shape index (κ2) is 6.57. The lowest BCUT2D eigenvalue weighted by Gasteiger charge is -2.17. The standard InChI is InChI=1S/C16H17BrN2O/c1-18-15-8-6-13(7-9-15)16(20)19(2)11-12-4-3-5-14(17)10-12/h3-10,18H,11H2,1-2H3. The third kappa shape index (κ3) is 3.61. The molecule has 20 heavy (non-hydrogen) atoms. The van der Waals surface area contributed by atoms with Crippen LogP contribution in [-0.2, 0) is 6.54 Å². The number of anilines is 1. The molecule has 1 N–H and O–H groups in total. The summed E-state index contributed by atoms with van der Waals surface area (Å²) >= 11 is 3.44. The monoisotopic (exact) mass is 332 g/mol. The molecule has 0 aliphatic heterocycles. The lowest BCUT2D eigenvalue weighted by atomic mass is 10.1. The van der Waals surface area contributed by atoms with E-state index >= 15 is 0 Å². The van der Waals surface area contributed by atoms with Crippen molar-refractivity contribution in [3.05, 3.63) is 64.1 Å². The highest BCUT2D eigenvalue weighted by molar-refractivity contribution is 9.10. The number of hydrogen-bond acceptors (Lipinski definition) is 2. The van der Waals surface area contributed by atoms with E-state index in [4.69, 9.17) is 0 Å². The SMILES string of the molecule is CNc1ccc(C(=O)N(C)Cc2cccc(Br)c2)cc1. The number of rotatable bonds is 4. The molecule has 0 saturated heterocycles. The molecule has 4 heteroatoms. The van der Waals surface area contributed by atoms with Crippen LogP contribution in [0.3, 0.4) is 0 Å². The van der Waals surface area contributed by atoms with Gasteiger partial charge in [0, 0.05) is 36.4 Å². The van der Waals surface area contributed by atoms with Crippen LogP contribution in [0, 0.1) is 0 Å². The summed E-state index contributed by atoms with van der Waals surface area (Å²) in [5.41, 5.74) is 2.79. The molecule has 0 aliphatic carbocycles. The molecule has 2 rings (SSSR count). The van der Waals surface area contributed by atoms with Crippen molar-refractivity contribution in [2.75, 3.05) is 19.4 Å². The van der Waals surface area contributed by atoms with Crippen LogP contribution in [0.15, 0.2) is 53.0 Å². The van der Waals surface area contributed by atoms with E-state index in [1.54, 1.807) is 4.90 Å². The molecule has 0 bridgehead atoms. The molecule has 2 aromatic carbocycles. The Bertz CT molecular complexity index is 596. The lowest BCUT2D eigenvalue weighted by Crippen LogP contribution is -2.26. The van der Waals surface area contributed by atoms with E-state index < -0.39 is 0 Å². The number of amides is 1. The van der Waals surface area contributed by atoms with Gasteiger partial charge in [-0.25, -0.2) is 0 Å². The molecule has 0 radical (unpaired) electrons. The molecule has 0 unspecified atom stereocenters. The number of benzene rings is 2. The Hall–Kier alpha value is -1.81. The Labute approximate surface area is 127 Å². The molecular formula is C16H17BrN2O. The molecule has 0 aromatic heterocycles. The molecular weight excluding hydrogens is 316 g/mol. The zero-order valence-corrected chi connectivity index (χ0v) is 13.1. The third-order valence-electron chi connectivity index (χ3n) is 3.08. The highest BCUT2D eigenvalue weighted by Crippen LogP contribution is 2.15. The first-order chi connectivity index (χ1) is 9.60. The highest BCUT2D eigenvalue weighted by atomic mass is 79.9. The smallest absolute Gasteiger partial charge is 0.253 e. The second-order valence-corrected chi connectivity index (χ2v) is 5.53. The molecule has 104 valence electrons. The van der Waals surface area contributed by atoms with Crippen molar-refractivity contribution >= 4 is 27.5 Å². The van der Waals surface area contributed by atoms with Gasteiger partial charge < -0.3 is 10.2 Å². The van der Waals surface area contributed by atoms with Gasteiger partial charge in [-0.2, -0.15) is 0 Å². The van der Waals surface area contributed by atoms with E-state index in [1.807, 2.05) is 62.6 Å². The summed E-state index contributed by atoms with van der Waals surface area (Å²) in [5.74, 6) is 0.0210. The van der Waals surface area contributed by atoms with Crippen molar-refractivity contribution in [3.63, 3.8) is 0 Å². The molecule has 0 atom stereocenters. The molecule has 1 amide bonds. The predicted octanol–water partition coefficient (Wildman–Crippen LogP) is 3.76. The van der Waals surface area contributed by atoms with Gasteiger partial charge in [0.25, 0.3) is 5.91 Å². The number of nitrogens with zero attached hydrogens (tertiary/aromatic N) is 1. The Morgan fingerprint density at radius 2 is 1.90 bits per heavy atom. The number of carbonyl (C=O) groups is 1. The number of carbonyl (C=O) groups excluding carboxylic acids is 1. The third-order valence-corrected chi connectivity index (χ3v) is 3.57. The maximum atomic E-state index is 12.3. The first-order valence-electron chi connectivity index (χ1n) is 6.38. The van der Waals surface area contributed by atoms with E-state index in [9.17, 15) is 4.79 Å². The van der Waals surface area contributed by atoms with Gasteiger partial charge >= 0.3 is 0 Å². The van der Waals surface area contributed by atoms with Crippen molar-refractivity contribution in [2.45, 2.75) is 6.54 Å². The van der Waals surface area contributed by atoms with Crippen LogP contribution in [0.5, 0.6) is 0 Å². The molecule has 0 saturated carbocycles. The van der Waals surface area contributed by atoms with Gasteiger partial charge in [0.2, 0.25) is 0 Å². The zero-order valence-electron chi connectivity index (χ0n) is 11.6. The van der Waals surface area contributed by atoms with Gasteiger partial charge in [-0.05, 0) is 42.0 Å². The van der Waals surface area contributed by atoms with Gasteiger partial charge in [-0.15, -0.1) is 0 Å². The Morgan fingerprint density at radius 1 is 1.20 bits per heavy atom. The van der Waals surface area contributed by atoms with Gasteiger partial charge in [0.15, 0.2) is 0 Å². The molecule has 0 heterocycles. The van der Waals surface area contributed by atoms with E-state index in [0.29, 0.717) is 12.1 Å². The largest absolute Gasteiger partial charge is 0.388 e. The summed E-state index contributed by atoms with van der Waals surface area (Å²) in [5, 5.41) is 3.04. The molecule has 0 aliphatic rings. The minimum absolute atomic E-state index is 0.0210. The normalized spacial score (nSPS) is 10.2. The Balaban J connectivity index is 2.07. The van der Waals surface area contributed by atoms with E-state index in [0.717, 1.165) is 15.7 Å².